The molecule has 4 nitrogen and oxygen atoms in total. The molecule has 3 heterocycles. The highest BCUT2D eigenvalue weighted by Gasteiger charge is 2.20. The number of anilines is 1. The van der Waals surface area contributed by atoms with Gasteiger partial charge in [-0.15, -0.1) is 0 Å². The summed E-state index contributed by atoms with van der Waals surface area (Å²) in [6.07, 6.45) is 5.07. The molecule has 4 rings (SSSR count). The first-order valence-electron chi connectivity index (χ1n) is 8.99. The third-order valence-corrected chi connectivity index (χ3v) is 6.18. The molecule has 0 atom stereocenters. The molecule has 130 valence electrons. The van der Waals surface area contributed by atoms with E-state index in [1.807, 2.05) is 18.2 Å². The second kappa shape index (κ2) is 7.22. The average Bonchev–Trinajstić information content (AvgIpc) is 2.81. The zero-order valence-electron chi connectivity index (χ0n) is 14.4. The van der Waals surface area contributed by atoms with Crippen LogP contribution in [0.1, 0.15) is 32.6 Å². The van der Waals surface area contributed by atoms with Gasteiger partial charge >= 0.3 is 0 Å². The molecule has 0 bridgehead atoms. The molecule has 1 aliphatic heterocycles. The molecular formula is C19H22N4S2. The minimum atomic E-state index is 0.794. The fourth-order valence-electron chi connectivity index (χ4n) is 3.42. The highest BCUT2D eigenvalue weighted by molar-refractivity contribution is 7.73. The van der Waals surface area contributed by atoms with Gasteiger partial charge in [0.05, 0.1) is 0 Å². The Bertz CT molecular complexity index is 922. The van der Waals surface area contributed by atoms with E-state index in [0.29, 0.717) is 0 Å². The van der Waals surface area contributed by atoms with Crippen LogP contribution < -0.4 is 4.90 Å². The second-order valence-electron chi connectivity index (χ2n) is 6.40. The van der Waals surface area contributed by atoms with Gasteiger partial charge in [0.2, 0.25) is 0 Å². The topological polar surface area (TPSA) is 34.0 Å². The molecule has 0 radical (unpaired) electrons. The third kappa shape index (κ3) is 3.20. The lowest BCUT2D eigenvalue weighted by Crippen LogP contribution is -2.25. The highest BCUT2D eigenvalue weighted by Crippen LogP contribution is 2.33. The quantitative estimate of drug-likeness (QED) is 0.587. The van der Waals surface area contributed by atoms with E-state index >= 15 is 0 Å². The normalized spacial score (nSPS) is 15.5. The number of aryl methyl sites for hydroxylation is 1. The van der Waals surface area contributed by atoms with E-state index in [2.05, 4.69) is 28.5 Å². The lowest BCUT2D eigenvalue weighted by Gasteiger charge is -2.22. The summed E-state index contributed by atoms with van der Waals surface area (Å²) in [5.41, 5.74) is 2.03. The van der Waals surface area contributed by atoms with Crippen LogP contribution in [0.15, 0.2) is 30.3 Å². The van der Waals surface area contributed by atoms with Gasteiger partial charge in [-0.3, -0.25) is 0 Å². The highest BCUT2D eigenvalue weighted by atomic mass is 32.1. The lowest BCUT2D eigenvalue weighted by atomic mass is 10.2. The van der Waals surface area contributed by atoms with Crippen LogP contribution in [-0.2, 0) is 6.54 Å². The Hall–Kier alpha value is -1.79. The number of nitrogens with zero attached hydrogens (tertiary/aromatic N) is 4. The van der Waals surface area contributed by atoms with E-state index in [0.717, 1.165) is 51.1 Å². The van der Waals surface area contributed by atoms with Crippen LogP contribution in [0.5, 0.6) is 0 Å². The van der Waals surface area contributed by atoms with E-state index in [1.165, 1.54) is 25.7 Å². The average molecular weight is 371 g/mol. The molecule has 0 amide bonds. The summed E-state index contributed by atoms with van der Waals surface area (Å²) < 4.78 is 4.15. The Morgan fingerprint density at radius 2 is 1.76 bits per heavy atom. The molecular weight excluding hydrogens is 348 g/mol. The van der Waals surface area contributed by atoms with Gasteiger partial charge in [0, 0.05) is 25.2 Å². The summed E-state index contributed by atoms with van der Waals surface area (Å²) in [6.45, 7) is 5.09. The molecule has 6 heteroatoms. The summed E-state index contributed by atoms with van der Waals surface area (Å²) in [5.74, 6) is 1.86. The van der Waals surface area contributed by atoms with Crippen LogP contribution in [-0.4, -0.2) is 27.6 Å². The van der Waals surface area contributed by atoms with Gasteiger partial charge in [-0.2, -0.15) is 0 Å². The van der Waals surface area contributed by atoms with Gasteiger partial charge in [-0.25, -0.2) is 9.97 Å². The fourth-order valence-corrected chi connectivity index (χ4v) is 4.90. The van der Waals surface area contributed by atoms with Crippen molar-refractivity contribution in [2.24, 2.45) is 0 Å². The maximum Gasteiger partial charge on any atom is 0.164 e. The van der Waals surface area contributed by atoms with Gasteiger partial charge < -0.3 is 9.47 Å². The van der Waals surface area contributed by atoms with E-state index in [-0.39, 0.29) is 0 Å². The summed E-state index contributed by atoms with van der Waals surface area (Å²) in [7, 11) is 0. The molecule has 2 aromatic heterocycles. The molecule has 0 N–H and O–H groups in total. The zero-order valence-corrected chi connectivity index (χ0v) is 16.1. The van der Waals surface area contributed by atoms with Crippen molar-refractivity contribution in [3.63, 3.8) is 0 Å². The van der Waals surface area contributed by atoms with Gasteiger partial charge in [0.25, 0.3) is 0 Å². The Morgan fingerprint density at radius 1 is 1.04 bits per heavy atom. The van der Waals surface area contributed by atoms with Crippen molar-refractivity contribution < 1.29 is 0 Å². The Morgan fingerprint density at radius 3 is 2.44 bits per heavy atom. The first-order chi connectivity index (χ1) is 12.3. The monoisotopic (exact) mass is 370 g/mol. The number of benzene rings is 1. The van der Waals surface area contributed by atoms with Crippen molar-refractivity contribution in [3.05, 3.63) is 34.3 Å². The molecule has 1 aliphatic rings. The van der Waals surface area contributed by atoms with E-state index in [9.17, 15) is 0 Å². The molecule has 1 fully saturated rings. The smallest absolute Gasteiger partial charge is 0.164 e. The summed E-state index contributed by atoms with van der Waals surface area (Å²) in [6, 6.07) is 10.2. The molecule has 1 aromatic carbocycles. The Kier molecular flexibility index (Phi) is 4.81. The SMILES string of the molecule is CCn1c(=S)sc2c(N3CCCCCC3)nc(-c3ccccc3)nc21. The lowest BCUT2D eigenvalue weighted by molar-refractivity contribution is 0.726. The molecule has 0 aliphatic carbocycles. The number of hydrogen-bond donors (Lipinski definition) is 0. The van der Waals surface area contributed by atoms with Crippen LogP contribution in [0.4, 0.5) is 5.82 Å². The summed E-state index contributed by atoms with van der Waals surface area (Å²) in [5, 5.41) is 0. The molecule has 0 spiro atoms. The first-order valence-corrected chi connectivity index (χ1v) is 10.2. The molecule has 0 saturated carbocycles. The van der Waals surface area contributed by atoms with Crippen molar-refractivity contribution in [1.82, 2.24) is 14.5 Å². The van der Waals surface area contributed by atoms with Crippen LogP contribution in [0.25, 0.3) is 21.7 Å². The minimum Gasteiger partial charge on any atom is -0.355 e. The zero-order chi connectivity index (χ0) is 17.2. The van der Waals surface area contributed by atoms with E-state index in [1.54, 1.807) is 11.3 Å². The molecule has 1 saturated heterocycles. The maximum absolute atomic E-state index is 5.60. The number of thiazole rings is 1. The summed E-state index contributed by atoms with van der Waals surface area (Å²) >= 11 is 7.24. The Labute approximate surface area is 157 Å². The van der Waals surface area contributed by atoms with Crippen molar-refractivity contribution >= 4 is 39.7 Å². The number of rotatable bonds is 3. The van der Waals surface area contributed by atoms with E-state index < -0.39 is 0 Å². The Balaban J connectivity index is 1.94. The van der Waals surface area contributed by atoms with Gasteiger partial charge in [-0.05, 0) is 32.0 Å². The van der Waals surface area contributed by atoms with E-state index in [4.69, 9.17) is 22.2 Å². The van der Waals surface area contributed by atoms with Crippen molar-refractivity contribution in [3.8, 4) is 11.4 Å². The van der Waals surface area contributed by atoms with Gasteiger partial charge in [0.15, 0.2) is 21.2 Å². The molecule has 3 aromatic rings. The molecule has 25 heavy (non-hydrogen) atoms. The minimum absolute atomic E-state index is 0.794. The van der Waals surface area contributed by atoms with Crippen LogP contribution in [0, 0.1) is 3.95 Å². The predicted molar refractivity (Wildman–Crippen MR) is 108 cm³/mol. The van der Waals surface area contributed by atoms with Crippen molar-refractivity contribution in [2.45, 2.75) is 39.2 Å². The largest absolute Gasteiger partial charge is 0.355 e. The number of hydrogen-bond acceptors (Lipinski definition) is 5. The second-order valence-corrected chi connectivity index (χ2v) is 8.05. The van der Waals surface area contributed by atoms with Crippen LogP contribution in [0.2, 0.25) is 0 Å². The first kappa shape index (κ1) is 16.7. The maximum atomic E-state index is 5.60. The fraction of sp³-hybridized carbons (Fsp3) is 0.421. The van der Waals surface area contributed by atoms with Crippen molar-refractivity contribution in [2.75, 3.05) is 18.0 Å². The van der Waals surface area contributed by atoms with Gasteiger partial charge in [0.1, 0.15) is 4.70 Å². The molecule has 0 unspecified atom stereocenters. The van der Waals surface area contributed by atoms with Gasteiger partial charge in [-0.1, -0.05) is 54.5 Å². The van der Waals surface area contributed by atoms with Crippen LogP contribution in [0.3, 0.4) is 0 Å². The number of aromatic nitrogens is 3. The predicted octanol–water partition coefficient (Wildman–Crippen LogP) is 5.29. The third-order valence-electron chi connectivity index (χ3n) is 4.75. The summed E-state index contributed by atoms with van der Waals surface area (Å²) in [4.78, 5) is 12.3. The van der Waals surface area contributed by atoms with Crippen LogP contribution >= 0.6 is 23.6 Å². The number of fused-ring (bicyclic) bond motifs is 1. The van der Waals surface area contributed by atoms with Crippen molar-refractivity contribution in [1.29, 1.82) is 0 Å². The standard InChI is InChI=1S/C19H22N4S2/c1-2-23-18-15(25-19(23)24)17(22-12-8-3-4-9-13-22)20-16(21-18)14-10-6-5-7-11-14/h5-7,10-11H,2-4,8-9,12-13H2,1H3.